The van der Waals surface area contributed by atoms with Crippen LogP contribution >= 0.6 is 11.3 Å². The number of rotatable bonds is 7. The van der Waals surface area contributed by atoms with E-state index in [1.165, 1.54) is 0 Å². The Hall–Kier alpha value is -1.53. The molecule has 0 unspecified atom stereocenters. The van der Waals surface area contributed by atoms with Crippen LogP contribution in [-0.4, -0.2) is 20.9 Å². The number of hydrogen-bond acceptors (Lipinski definition) is 4. The van der Waals surface area contributed by atoms with Gasteiger partial charge in [0.25, 0.3) is 0 Å². The maximum Gasteiger partial charge on any atom is 0.233 e. The zero-order valence-electron chi connectivity index (χ0n) is 12.7. The smallest absolute Gasteiger partial charge is 0.233 e. The van der Waals surface area contributed by atoms with Gasteiger partial charge in [-0.3, -0.25) is 9.00 Å². The van der Waals surface area contributed by atoms with Gasteiger partial charge in [-0.1, -0.05) is 37.3 Å². The van der Waals surface area contributed by atoms with Gasteiger partial charge in [0.05, 0.1) is 22.5 Å². The molecule has 0 bridgehead atoms. The van der Waals surface area contributed by atoms with Gasteiger partial charge in [0.15, 0.2) is 0 Å². The molecular formula is C16H20N2O2S2. The Morgan fingerprint density at radius 3 is 2.73 bits per heavy atom. The Bertz CT molecular complexity index is 641. The van der Waals surface area contributed by atoms with Crippen molar-refractivity contribution in [1.29, 1.82) is 0 Å². The van der Waals surface area contributed by atoms with E-state index in [0.717, 1.165) is 22.7 Å². The van der Waals surface area contributed by atoms with Gasteiger partial charge in [-0.05, 0) is 18.9 Å². The second-order valence-corrected chi connectivity index (χ2v) is 7.41. The van der Waals surface area contributed by atoms with Crippen molar-refractivity contribution in [2.45, 2.75) is 32.1 Å². The highest BCUT2D eigenvalue weighted by Crippen LogP contribution is 2.13. The number of carbonyl (C=O) groups excluding carboxylic acids is 1. The first-order chi connectivity index (χ1) is 10.6. The second kappa shape index (κ2) is 8.19. The maximum absolute atomic E-state index is 12.1. The summed E-state index contributed by atoms with van der Waals surface area (Å²) in [6.45, 7) is 3.96. The van der Waals surface area contributed by atoms with E-state index in [9.17, 15) is 9.00 Å². The lowest BCUT2D eigenvalue weighted by Gasteiger charge is -2.13. The number of aromatic nitrogens is 1. The molecule has 0 aliphatic rings. The average Bonchev–Trinajstić information content (AvgIpc) is 2.95. The van der Waals surface area contributed by atoms with Crippen LogP contribution < -0.4 is 5.32 Å². The molecule has 4 nitrogen and oxygen atoms in total. The van der Waals surface area contributed by atoms with Crippen molar-refractivity contribution < 1.29 is 9.00 Å². The molecule has 6 heteroatoms. The Morgan fingerprint density at radius 2 is 2.09 bits per heavy atom. The number of thiazole rings is 1. The van der Waals surface area contributed by atoms with E-state index in [2.05, 4.69) is 10.3 Å². The summed E-state index contributed by atoms with van der Waals surface area (Å²) in [6, 6.07) is 9.64. The monoisotopic (exact) mass is 336 g/mol. The van der Waals surface area contributed by atoms with Crippen LogP contribution in [0.4, 0.5) is 0 Å². The lowest BCUT2D eigenvalue weighted by molar-refractivity contribution is -0.119. The summed E-state index contributed by atoms with van der Waals surface area (Å²) >= 11 is 1.57. The van der Waals surface area contributed by atoms with Gasteiger partial charge in [0.1, 0.15) is 5.75 Å². The predicted molar refractivity (Wildman–Crippen MR) is 91.2 cm³/mol. The highest BCUT2D eigenvalue weighted by atomic mass is 32.2. The van der Waals surface area contributed by atoms with E-state index in [0.29, 0.717) is 5.75 Å². The van der Waals surface area contributed by atoms with Crippen LogP contribution in [0.1, 0.15) is 36.2 Å². The minimum atomic E-state index is -1.23. The molecule has 0 fully saturated rings. The zero-order chi connectivity index (χ0) is 15.9. The molecule has 22 heavy (non-hydrogen) atoms. The Kier molecular flexibility index (Phi) is 6.27. The molecule has 2 rings (SSSR count). The summed E-state index contributed by atoms with van der Waals surface area (Å²) in [4.78, 5) is 16.3. The minimum Gasteiger partial charge on any atom is -0.349 e. The van der Waals surface area contributed by atoms with E-state index in [4.69, 9.17) is 0 Å². The van der Waals surface area contributed by atoms with E-state index < -0.39 is 10.8 Å². The fourth-order valence-electron chi connectivity index (χ4n) is 2.05. The Morgan fingerprint density at radius 1 is 1.36 bits per heavy atom. The first-order valence-electron chi connectivity index (χ1n) is 7.21. The third kappa shape index (κ3) is 5.03. The van der Waals surface area contributed by atoms with Crippen molar-refractivity contribution in [3.63, 3.8) is 0 Å². The molecule has 1 amide bonds. The van der Waals surface area contributed by atoms with Gasteiger partial charge >= 0.3 is 0 Å². The normalized spacial score (nSPS) is 13.5. The molecule has 0 spiro atoms. The van der Waals surface area contributed by atoms with Crippen LogP contribution in [0.5, 0.6) is 0 Å². The fraction of sp³-hybridized carbons (Fsp3) is 0.375. The third-order valence-corrected chi connectivity index (χ3v) is 5.42. The van der Waals surface area contributed by atoms with Crippen LogP contribution in [0.15, 0.2) is 35.7 Å². The molecule has 0 radical (unpaired) electrons. The number of nitrogens with one attached hydrogen (secondary N) is 1. The molecule has 118 valence electrons. The lowest BCUT2D eigenvalue weighted by atomic mass is 10.1. The zero-order valence-corrected chi connectivity index (χ0v) is 14.4. The highest BCUT2D eigenvalue weighted by Gasteiger charge is 2.13. The predicted octanol–water partition coefficient (Wildman–Crippen LogP) is 2.83. The van der Waals surface area contributed by atoms with Crippen molar-refractivity contribution in [1.82, 2.24) is 10.3 Å². The van der Waals surface area contributed by atoms with E-state index in [1.54, 1.807) is 11.3 Å². The summed E-state index contributed by atoms with van der Waals surface area (Å²) in [5, 5.41) is 5.83. The number of hydrogen-bond donors (Lipinski definition) is 1. The number of carbonyl (C=O) groups is 1. The van der Waals surface area contributed by atoms with Crippen LogP contribution in [0.2, 0.25) is 0 Å². The van der Waals surface area contributed by atoms with Gasteiger partial charge < -0.3 is 5.32 Å². The molecule has 2 aromatic rings. The van der Waals surface area contributed by atoms with E-state index >= 15 is 0 Å². The van der Waals surface area contributed by atoms with Crippen molar-refractivity contribution in [3.05, 3.63) is 52.0 Å². The molecule has 0 saturated heterocycles. The molecule has 1 heterocycles. The Labute approximate surface area is 137 Å². The molecule has 1 aromatic heterocycles. The molecule has 0 aliphatic heterocycles. The van der Waals surface area contributed by atoms with Gasteiger partial charge in [-0.15, -0.1) is 11.3 Å². The maximum atomic E-state index is 12.1. The summed E-state index contributed by atoms with van der Waals surface area (Å²) < 4.78 is 12.1. The second-order valence-electron chi connectivity index (χ2n) is 5.01. The molecule has 2 atom stereocenters. The van der Waals surface area contributed by atoms with Gasteiger partial charge in [-0.25, -0.2) is 4.98 Å². The van der Waals surface area contributed by atoms with Gasteiger partial charge in [-0.2, -0.15) is 0 Å². The molecular weight excluding hydrogens is 316 g/mol. The van der Waals surface area contributed by atoms with Crippen molar-refractivity contribution in [3.8, 4) is 0 Å². The number of nitrogens with zero attached hydrogens (tertiary/aromatic N) is 1. The number of amides is 1. The summed E-state index contributed by atoms with van der Waals surface area (Å²) in [5.41, 5.74) is 1.85. The van der Waals surface area contributed by atoms with E-state index in [-0.39, 0.29) is 17.7 Å². The molecule has 1 aromatic carbocycles. The van der Waals surface area contributed by atoms with Crippen LogP contribution in [0.3, 0.4) is 0 Å². The molecule has 1 N–H and O–H groups in total. The number of aryl methyl sites for hydroxylation is 1. The van der Waals surface area contributed by atoms with Crippen molar-refractivity contribution in [2.75, 3.05) is 5.75 Å². The minimum absolute atomic E-state index is 0.0101. The van der Waals surface area contributed by atoms with Gasteiger partial charge in [0.2, 0.25) is 5.91 Å². The van der Waals surface area contributed by atoms with Crippen LogP contribution in [0, 0.1) is 0 Å². The van der Waals surface area contributed by atoms with Crippen molar-refractivity contribution >= 4 is 28.0 Å². The first-order valence-corrected chi connectivity index (χ1v) is 9.57. The molecule has 0 saturated carbocycles. The number of benzene rings is 1. The third-order valence-electron chi connectivity index (χ3n) is 3.18. The highest BCUT2D eigenvalue weighted by molar-refractivity contribution is 7.84. The van der Waals surface area contributed by atoms with Gasteiger partial charge in [0, 0.05) is 16.2 Å². The summed E-state index contributed by atoms with van der Waals surface area (Å²) in [7, 11) is -1.23. The van der Waals surface area contributed by atoms with Crippen LogP contribution in [0.25, 0.3) is 0 Å². The quantitative estimate of drug-likeness (QED) is 0.846. The average molecular weight is 336 g/mol. The Balaban J connectivity index is 1.82. The lowest BCUT2D eigenvalue weighted by Crippen LogP contribution is -2.31. The largest absolute Gasteiger partial charge is 0.349 e. The summed E-state index contributed by atoms with van der Waals surface area (Å²) in [6.07, 6.45) is 0.881. The standard InChI is InChI=1S/C16H20N2O2S2/c1-3-16-18-14(9-21-16)10-22(20)11-15(19)17-12(2)13-7-5-4-6-8-13/h4-9,12H,3,10-11H2,1-2H3,(H,17,19)/t12-,22+/m1/s1. The SMILES string of the molecule is CCc1nc(C[S@](=O)CC(=O)N[C@H](C)c2ccccc2)cs1. The first kappa shape index (κ1) is 16.8. The van der Waals surface area contributed by atoms with E-state index in [1.807, 2.05) is 49.6 Å². The summed E-state index contributed by atoms with van der Waals surface area (Å²) in [5.74, 6) is 0.153. The molecule has 0 aliphatic carbocycles. The fourth-order valence-corrected chi connectivity index (χ4v) is 3.85. The van der Waals surface area contributed by atoms with Crippen molar-refractivity contribution in [2.24, 2.45) is 0 Å². The van der Waals surface area contributed by atoms with Crippen LogP contribution in [-0.2, 0) is 27.8 Å². The topological polar surface area (TPSA) is 59.1 Å².